The molecule has 2 aromatic heterocycles. The summed E-state index contributed by atoms with van der Waals surface area (Å²) in [6, 6.07) is 13.4. The van der Waals surface area contributed by atoms with Crippen molar-refractivity contribution in [2.75, 3.05) is 13.2 Å². The number of furan rings is 1. The van der Waals surface area contributed by atoms with E-state index >= 15 is 0 Å². The Bertz CT molecular complexity index is 789. The van der Waals surface area contributed by atoms with Crippen LogP contribution in [0.5, 0.6) is 5.75 Å². The highest BCUT2D eigenvalue weighted by Crippen LogP contribution is 2.21. The number of fused-ring (bicyclic) bond motifs is 1. The van der Waals surface area contributed by atoms with Crippen LogP contribution in [0, 0.1) is 0 Å². The Morgan fingerprint density at radius 1 is 1.25 bits per heavy atom. The average Bonchev–Trinajstić information content (AvgIpc) is 3.19. The van der Waals surface area contributed by atoms with E-state index in [0.717, 1.165) is 29.7 Å². The number of nitrogens with one attached hydrogen (secondary N) is 1. The van der Waals surface area contributed by atoms with Crippen LogP contribution in [0.2, 0.25) is 0 Å². The van der Waals surface area contributed by atoms with Crippen molar-refractivity contribution >= 4 is 17.0 Å². The van der Waals surface area contributed by atoms with E-state index in [1.807, 2.05) is 47.9 Å². The molecule has 0 aliphatic carbocycles. The predicted molar refractivity (Wildman–Crippen MR) is 93.4 cm³/mol. The molecule has 126 valence electrons. The zero-order valence-corrected chi connectivity index (χ0v) is 13.8. The second-order valence-electron chi connectivity index (χ2n) is 5.62. The van der Waals surface area contributed by atoms with Crippen LogP contribution < -0.4 is 10.1 Å². The molecule has 3 rings (SSSR count). The molecule has 24 heavy (non-hydrogen) atoms. The summed E-state index contributed by atoms with van der Waals surface area (Å²) in [4.78, 5) is 12.3. The predicted octanol–water partition coefficient (Wildman–Crippen LogP) is 3.84. The molecule has 0 aliphatic heterocycles. The van der Waals surface area contributed by atoms with E-state index in [0.29, 0.717) is 25.4 Å². The van der Waals surface area contributed by atoms with Crippen LogP contribution >= 0.6 is 0 Å². The second kappa shape index (κ2) is 7.73. The fraction of sp³-hybridized carbons (Fsp3) is 0.316. The number of para-hydroxylation sites is 1. The monoisotopic (exact) mass is 326 g/mol. The molecule has 5 nitrogen and oxygen atoms in total. The van der Waals surface area contributed by atoms with Gasteiger partial charge in [0.2, 0.25) is 0 Å². The second-order valence-corrected chi connectivity index (χ2v) is 5.62. The van der Waals surface area contributed by atoms with Gasteiger partial charge in [0.1, 0.15) is 11.4 Å². The van der Waals surface area contributed by atoms with Gasteiger partial charge >= 0.3 is 0 Å². The lowest BCUT2D eigenvalue weighted by atomic mass is 10.3. The minimum atomic E-state index is -0.0628. The molecule has 0 fully saturated rings. The highest BCUT2D eigenvalue weighted by molar-refractivity contribution is 5.97. The number of carbonyl (C=O) groups is 1. The lowest BCUT2D eigenvalue weighted by Gasteiger charge is -2.11. The first-order chi connectivity index (χ1) is 11.8. The summed E-state index contributed by atoms with van der Waals surface area (Å²) in [7, 11) is 0. The normalized spacial score (nSPS) is 10.9. The molecular formula is C19H22N2O3. The zero-order chi connectivity index (χ0) is 16.8. The van der Waals surface area contributed by atoms with Crippen molar-refractivity contribution in [2.24, 2.45) is 0 Å². The Balaban J connectivity index is 1.66. The Morgan fingerprint density at radius 3 is 2.88 bits per heavy atom. The molecule has 0 radical (unpaired) electrons. The molecule has 0 bridgehead atoms. The molecule has 1 N–H and O–H groups in total. The third-order valence-electron chi connectivity index (χ3n) is 3.83. The first-order valence-electron chi connectivity index (χ1n) is 8.32. The van der Waals surface area contributed by atoms with E-state index in [-0.39, 0.29) is 5.91 Å². The first-order valence-corrected chi connectivity index (χ1v) is 8.32. The Kier molecular flexibility index (Phi) is 5.21. The molecule has 2 heterocycles. The molecule has 0 spiro atoms. The Labute approximate surface area is 141 Å². The zero-order valence-electron chi connectivity index (χ0n) is 13.8. The summed E-state index contributed by atoms with van der Waals surface area (Å²) >= 11 is 0. The van der Waals surface area contributed by atoms with Gasteiger partial charge in [-0.15, -0.1) is 0 Å². The van der Waals surface area contributed by atoms with Gasteiger partial charge < -0.3 is 19.0 Å². The summed E-state index contributed by atoms with van der Waals surface area (Å²) in [6.07, 6.45) is 3.36. The van der Waals surface area contributed by atoms with Crippen molar-refractivity contribution in [3.05, 3.63) is 54.4 Å². The van der Waals surface area contributed by atoms with Crippen LogP contribution in [-0.2, 0) is 6.54 Å². The van der Waals surface area contributed by atoms with E-state index in [1.165, 1.54) is 0 Å². The topological polar surface area (TPSA) is 56.4 Å². The van der Waals surface area contributed by atoms with E-state index in [2.05, 4.69) is 5.32 Å². The largest absolute Gasteiger partial charge is 0.494 e. The van der Waals surface area contributed by atoms with Crippen molar-refractivity contribution in [3.63, 3.8) is 0 Å². The number of hydrogen-bond acceptors (Lipinski definition) is 3. The third kappa shape index (κ3) is 3.62. The smallest absolute Gasteiger partial charge is 0.268 e. The van der Waals surface area contributed by atoms with Gasteiger partial charge in [-0.2, -0.15) is 0 Å². The molecule has 1 amide bonds. The van der Waals surface area contributed by atoms with Crippen LogP contribution in [0.3, 0.4) is 0 Å². The summed E-state index contributed by atoms with van der Waals surface area (Å²) in [5, 5.41) is 2.92. The van der Waals surface area contributed by atoms with Crippen molar-refractivity contribution in [2.45, 2.75) is 26.3 Å². The minimum Gasteiger partial charge on any atom is -0.494 e. The fourth-order valence-corrected chi connectivity index (χ4v) is 2.66. The number of aromatic nitrogens is 1. The van der Waals surface area contributed by atoms with Gasteiger partial charge in [-0.25, -0.2) is 0 Å². The number of carbonyl (C=O) groups excluding carboxylic acids is 1. The van der Waals surface area contributed by atoms with Gasteiger partial charge in [-0.05, 0) is 25.0 Å². The van der Waals surface area contributed by atoms with Gasteiger partial charge in [0, 0.05) is 25.2 Å². The number of hydrogen-bond donors (Lipinski definition) is 1. The number of benzene rings is 1. The van der Waals surface area contributed by atoms with Crippen LogP contribution in [0.1, 0.15) is 30.3 Å². The van der Waals surface area contributed by atoms with Crippen LogP contribution in [0.4, 0.5) is 0 Å². The summed E-state index contributed by atoms with van der Waals surface area (Å²) < 4.78 is 13.2. The highest BCUT2D eigenvalue weighted by Gasteiger charge is 2.16. The number of ether oxygens (including phenoxy) is 1. The molecule has 0 saturated carbocycles. The number of nitrogens with zero attached hydrogens (tertiary/aromatic N) is 1. The van der Waals surface area contributed by atoms with Gasteiger partial charge in [0.25, 0.3) is 5.91 Å². The molecule has 1 aromatic carbocycles. The summed E-state index contributed by atoms with van der Waals surface area (Å²) in [5.74, 6) is 0.798. The quantitative estimate of drug-likeness (QED) is 0.640. The SMILES string of the molecule is CCCNC(=O)c1cc2occc2n1CCCOc1ccccc1. The number of aryl methyl sites for hydroxylation is 1. The Morgan fingerprint density at radius 2 is 2.08 bits per heavy atom. The van der Waals surface area contributed by atoms with Crippen LogP contribution in [0.25, 0.3) is 11.1 Å². The standard InChI is InChI=1S/C19H22N2O3/c1-2-10-20-19(22)17-14-18-16(9-13-24-18)21(17)11-6-12-23-15-7-4-3-5-8-15/h3-5,7-9,13-14H,2,6,10-12H2,1H3,(H,20,22). The van der Waals surface area contributed by atoms with E-state index < -0.39 is 0 Å². The van der Waals surface area contributed by atoms with Gasteiger partial charge in [0.05, 0.1) is 18.4 Å². The van der Waals surface area contributed by atoms with Crippen molar-refractivity contribution in [3.8, 4) is 5.75 Å². The first kappa shape index (κ1) is 16.2. The molecule has 0 atom stereocenters. The maximum Gasteiger partial charge on any atom is 0.268 e. The van der Waals surface area contributed by atoms with Crippen molar-refractivity contribution in [1.82, 2.24) is 9.88 Å². The van der Waals surface area contributed by atoms with Gasteiger partial charge in [-0.3, -0.25) is 4.79 Å². The van der Waals surface area contributed by atoms with Gasteiger partial charge in [-0.1, -0.05) is 25.1 Å². The van der Waals surface area contributed by atoms with Gasteiger partial charge in [0.15, 0.2) is 5.58 Å². The summed E-state index contributed by atoms with van der Waals surface area (Å²) in [5.41, 5.74) is 2.31. The minimum absolute atomic E-state index is 0.0628. The average molecular weight is 326 g/mol. The lowest BCUT2D eigenvalue weighted by molar-refractivity contribution is 0.0944. The van der Waals surface area contributed by atoms with E-state index in [1.54, 1.807) is 12.3 Å². The molecular weight excluding hydrogens is 304 g/mol. The molecule has 0 aliphatic rings. The third-order valence-corrected chi connectivity index (χ3v) is 3.83. The molecule has 0 saturated heterocycles. The highest BCUT2D eigenvalue weighted by atomic mass is 16.5. The number of amides is 1. The van der Waals surface area contributed by atoms with E-state index in [9.17, 15) is 4.79 Å². The maximum atomic E-state index is 12.3. The lowest BCUT2D eigenvalue weighted by Crippen LogP contribution is -2.26. The van der Waals surface area contributed by atoms with Crippen LogP contribution in [0.15, 0.2) is 53.1 Å². The number of rotatable bonds is 8. The van der Waals surface area contributed by atoms with Crippen molar-refractivity contribution in [1.29, 1.82) is 0 Å². The fourth-order valence-electron chi connectivity index (χ4n) is 2.66. The molecule has 5 heteroatoms. The maximum absolute atomic E-state index is 12.3. The molecule has 0 unspecified atom stereocenters. The van der Waals surface area contributed by atoms with Crippen molar-refractivity contribution < 1.29 is 13.9 Å². The van der Waals surface area contributed by atoms with Crippen LogP contribution in [-0.4, -0.2) is 23.6 Å². The summed E-state index contributed by atoms with van der Waals surface area (Å²) in [6.45, 7) is 4.00. The molecule has 3 aromatic rings. The Hall–Kier alpha value is -2.69. The van der Waals surface area contributed by atoms with E-state index in [4.69, 9.17) is 9.15 Å².